The van der Waals surface area contributed by atoms with Crippen LogP contribution < -0.4 is 5.32 Å². The Hall–Kier alpha value is -0.120. The van der Waals surface area contributed by atoms with Crippen molar-refractivity contribution in [2.24, 2.45) is 5.92 Å². The van der Waals surface area contributed by atoms with Gasteiger partial charge in [-0.2, -0.15) is 0 Å². The van der Waals surface area contributed by atoms with Crippen LogP contribution in [0.5, 0.6) is 0 Å². The maximum atomic E-state index is 9.56. The summed E-state index contributed by atoms with van der Waals surface area (Å²) in [4.78, 5) is 2.69. The second-order valence-electron chi connectivity index (χ2n) is 6.02. The van der Waals surface area contributed by atoms with Crippen molar-refractivity contribution in [1.82, 2.24) is 10.2 Å². The summed E-state index contributed by atoms with van der Waals surface area (Å²) in [5.41, 5.74) is 0.000207. The minimum Gasteiger partial charge on any atom is -0.394 e. The van der Waals surface area contributed by atoms with E-state index in [4.69, 9.17) is 0 Å². The molecular formula is C14H28N2O. The molecule has 2 aliphatic carbocycles. The zero-order valence-corrected chi connectivity index (χ0v) is 11.4. The van der Waals surface area contributed by atoms with E-state index in [1.807, 2.05) is 7.05 Å². The molecule has 0 aromatic carbocycles. The number of aliphatic hydroxyl groups is 1. The fourth-order valence-electron chi connectivity index (χ4n) is 3.20. The van der Waals surface area contributed by atoms with E-state index in [0.717, 1.165) is 18.8 Å². The van der Waals surface area contributed by atoms with E-state index in [2.05, 4.69) is 17.1 Å². The van der Waals surface area contributed by atoms with Crippen molar-refractivity contribution in [3.63, 3.8) is 0 Å². The average Bonchev–Trinajstić information content (AvgIpc) is 3.06. The lowest BCUT2D eigenvalue weighted by Gasteiger charge is -2.31. The largest absolute Gasteiger partial charge is 0.394 e. The Labute approximate surface area is 106 Å². The van der Waals surface area contributed by atoms with Gasteiger partial charge in [0.1, 0.15) is 0 Å². The first-order chi connectivity index (χ1) is 8.23. The maximum absolute atomic E-state index is 9.56. The van der Waals surface area contributed by atoms with Gasteiger partial charge >= 0.3 is 0 Å². The Kier molecular flexibility index (Phi) is 4.45. The first kappa shape index (κ1) is 13.3. The molecule has 2 atom stereocenters. The van der Waals surface area contributed by atoms with Gasteiger partial charge in [-0.3, -0.25) is 0 Å². The van der Waals surface area contributed by atoms with E-state index in [1.165, 1.54) is 38.8 Å². The Balaban J connectivity index is 1.90. The van der Waals surface area contributed by atoms with Gasteiger partial charge in [-0.15, -0.1) is 0 Å². The Morgan fingerprint density at radius 3 is 2.59 bits per heavy atom. The molecule has 0 aliphatic heterocycles. The molecule has 100 valence electrons. The highest BCUT2D eigenvalue weighted by atomic mass is 16.3. The van der Waals surface area contributed by atoms with Gasteiger partial charge in [0.2, 0.25) is 0 Å². The molecule has 2 fully saturated rings. The first-order valence-corrected chi connectivity index (χ1v) is 7.27. The van der Waals surface area contributed by atoms with Crippen molar-refractivity contribution >= 4 is 0 Å². The summed E-state index contributed by atoms with van der Waals surface area (Å²) in [6.45, 7) is 5.08. The van der Waals surface area contributed by atoms with Crippen LogP contribution in [0.3, 0.4) is 0 Å². The number of nitrogens with one attached hydrogen (secondary N) is 1. The standard InChI is InChI=1S/C14H28N2O/c1-3-8-16(10-12-4-5-12)13-6-7-14(9-13,11-17)15-2/h12-13,15,17H,3-11H2,1-2H3. The van der Waals surface area contributed by atoms with Gasteiger partial charge in [-0.1, -0.05) is 6.92 Å². The Morgan fingerprint density at radius 1 is 1.35 bits per heavy atom. The topological polar surface area (TPSA) is 35.5 Å². The second-order valence-corrected chi connectivity index (χ2v) is 6.02. The lowest BCUT2D eigenvalue weighted by molar-refractivity contribution is 0.145. The molecule has 0 spiro atoms. The quantitative estimate of drug-likeness (QED) is 0.710. The molecule has 17 heavy (non-hydrogen) atoms. The summed E-state index contributed by atoms with van der Waals surface area (Å²) in [6.07, 6.45) is 7.60. The minimum atomic E-state index is 0.000207. The van der Waals surface area contributed by atoms with Crippen molar-refractivity contribution in [2.45, 2.75) is 57.0 Å². The highest BCUT2D eigenvalue weighted by Crippen LogP contribution is 2.36. The number of aliphatic hydroxyl groups excluding tert-OH is 1. The molecule has 0 amide bonds. The van der Waals surface area contributed by atoms with Crippen LogP contribution in [-0.2, 0) is 0 Å². The van der Waals surface area contributed by atoms with Crippen LogP contribution in [0.4, 0.5) is 0 Å². The predicted molar refractivity (Wildman–Crippen MR) is 71.1 cm³/mol. The summed E-state index contributed by atoms with van der Waals surface area (Å²) >= 11 is 0. The Bertz CT molecular complexity index is 236. The third-order valence-corrected chi connectivity index (χ3v) is 4.63. The van der Waals surface area contributed by atoms with E-state index >= 15 is 0 Å². The average molecular weight is 240 g/mol. The van der Waals surface area contributed by atoms with Crippen LogP contribution in [0.1, 0.15) is 45.4 Å². The highest BCUT2D eigenvalue weighted by molar-refractivity contribution is 4.99. The summed E-state index contributed by atoms with van der Waals surface area (Å²) in [7, 11) is 1.99. The molecule has 0 aromatic rings. The molecule has 2 N–H and O–H groups in total. The third-order valence-electron chi connectivity index (χ3n) is 4.63. The van der Waals surface area contributed by atoms with Gasteiger partial charge in [0, 0.05) is 18.1 Å². The van der Waals surface area contributed by atoms with Gasteiger partial charge in [-0.25, -0.2) is 0 Å². The van der Waals surface area contributed by atoms with Crippen molar-refractivity contribution < 1.29 is 5.11 Å². The first-order valence-electron chi connectivity index (χ1n) is 7.27. The van der Waals surface area contributed by atoms with Crippen LogP contribution in [0.25, 0.3) is 0 Å². The van der Waals surface area contributed by atoms with Crippen LogP contribution in [0.2, 0.25) is 0 Å². The van der Waals surface area contributed by atoms with Gasteiger partial charge in [-0.05, 0) is 58.0 Å². The number of likely N-dealkylation sites (N-methyl/N-ethyl adjacent to an activating group) is 1. The zero-order valence-electron chi connectivity index (χ0n) is 11.4. The predicted octanol–water partition coefficient (Wildman–Crippen LogP) is 1.61. The smallest absolute Gasteiger partial charge is 0.0613 e. The van der Waals surface area contributed by atoms with Crippen LogP contribution in [0.15, 0.2) is 0 Å². The molecule has 0 saturated heterocycles. The van der Waals surface area contributed by atoms with Crippen molar-refractivity contribution in [3.05, 3.63) is 0 Å². The maximum Gasteiger partial charge on any atom is 0.0613 e. The molecule has 0 heterocycles. The molecule has 3 nitrogen and oxygen atoms in total. The minimum absolute atomic E-state index is 0.000207. The van der Waals surface area contributed by atoms with Gasteiger partial charge < -0.3 is 15.3 Å². The monoisotopic (exact) mass is 240 g/mol. The van der Waals surface area contributed by atoms with Crippen LogP contribution in [-0.4, -0.2) is 48.3 Å². The lowest BCUT2D eigenvalue weighted by Crippen LogP contribution is -2.46. The van der Waals surface area contributed by atoms with E-state index in [1.54, 1.807) is 0 Å². The molecule has 0 aromatic heterocycles. The number of rotatable bonds is 7. The second kappa shape index (κ2) is 5.68. The van der Waals surface area contributed by atoms with E-state index in [9.17, 15) is 5.11 Å². The molecule has 2 saturated carbocycles. The third kappa shape index (κ3) is 3.21. The van der Waals surface area contributed by atoms with Crippen molar-refractivity contribution in [3.8, 4) is 0 Å². The molecule has 3 heteroatoms. The fourth-order valence-corrected chi connectivity index (χ4v) is 3.20. The molecular weight excluding hydrogens is 212 g/mol. The summed E-state index contributed by atoms with van der Waals surface area (Å²) in [6, 6.07) is 0.690. The van der Waals surface area contributed by atoms with E-state index in [0.29, 0.717) is 6.04 Å². The number of nitrogens with zero attached hydrogens (tertiary/aromatic N) is 1. The molecule has 2 aliphatic rings. The molecule has 2 rings (SSSR count). The molecule has 0 bridgehead atoms. The number of hydrogen-bond donors (Lipinski definition) is 2. The lowest BCUT2D eigenvalue weighted by atomic mass is 9.99. The van der Waals surface area contributed by atoms with E-state index in [-0.39, 0.29) is 12.1 Å². The van der Waals surface area contributed by atoms with Crippen molar-refractivity contribution in [2.75, 3.05) is 26.7 Å². The Morgan fingerprint density at radius 2 is 2.12 bits per heavy atom. The van der Waals surface area contributed by atoms with Crippen LogP contribution in [0, 0.1) is 5.92 Å². The summed E-state index contributed by atoms with van der Waals surface area (Å²) < 4.78 is 0. The SMILES string of the molecule is CCCN(CC1CC1)C1CCC(CO)(NC)C1. The normalized spacial score (nSPS) is 33.5. The molecule has 2 unspecified atom stereocenters. The fraction of sp³-hybridized carbons (Fsp3) is 1.00. The summed E-state index contributed by atoms with van der Waals surface area (Å²) in [5, 5.41) is 12.9. The molecule has 0 radical (unpaired) electrons. The highest BCUT2D eigenvalue weighted by Gasteiger charge is 2.40. The van der Waals surface area contributed by atoms with Gasteiger partial charge in [0.25, 0.3) is 0 Å². The number of hydrogen-bond acceptors (Lipinski definition) is 3. The zero-order chi connectivity index (χ0) is 12.3. The van der Waals surface area contributed by atoms with E-state index < -0.39 is 0 Å². The van der Waals surface area contributed by atoms with Gasteiger partial charge in [0.15, 0.2) is 0 Å². The van der Waals surface area contributed by atoms with Crippen molar-refractivity contribution in [1.29, 1.82) is 0 Å². The van der Waals surface area contributed by atoms with Crippen LogP contribution >= 0.6 is 0 Å². The van der Waals surface area contributed by atoms with Gasteiger partial charge in [0.05, 0.1) is 6.61 Å². The summed E-state index contributed by atoms with van der Waals surface area (Å²) in [5.74, 6) is 0.972.